The predicted molar refractivity (Wildman–Crippen MR) is 132 cm³/mol. The number of phenolic OH excluding ortho intramolecular Hbond substituents is 1. The number of nitrogens with one attached hydrogen (secondary N) is 2. The minimum Gasteiger partial charge on any atom is -0.507 e. The van der Waals surface area contributed by atoms with Gasteiger partial charge in [-0.05, 0) is 58.2 Å². The number of halogens is 2. The second kappa shape index (κ2) is 9.60. The Morgan fingerprint density at radius 3 is 2.22 bits per heavy atom. The first-order valence-corrected chi connectivity index (χ1v) is 10.2. The van der Waals surface area contributed by atoms with Crippen molar-refractivity contribution in [3.05, 3.63) is 36.8 Å². The van der Waals surface area contributed by atoms with Crippen LogP contribution >= 0.6 is 24.8 Å². The number of nitrogens with zero attached hydrogens (tertiary/aromatic N) is 5. The molecule has 1 saturated heterocycles. The van der Waals surface area contributed by atoms with Crippen molar-refractivity contribution in [1.29, 1.82) is 0 Å². The summed E-state index contributed by atoms with van der Waals surface area (Å²) in [4.78, 5) is 6.66. The highest BCUT2D eigenvalue weighted by atomic mass is 35.5. The smallest absolute Gasteiger partial charge is 0.245 e. The lowest BCUT2D eigenvalue weighted by atomic mass is 9.79. The van der Waals surface area contributed by atoms with E-state index >= 15 is 0 Å². The van der Waals surface area contributed by atoms with E-state index in [-0.39, 0.29) is 41.6 Å². The standard InChI is InChI=1S/C22H29N7O.2ClH/c1-21(2)9-16(10-22(3,4)28-21)29(5)20-23-13-18(26-27-20)17-7-6-14(8-19(17)30)15-11-24-25-12-15;;/h6-8,11-13,16,28,30H,9-10H2,1-5H3,(H,24,25);2*1H. The van der Waals surface area contributed by atoms with Crippen LogP contribution in [0.1, 0.15) is 40.5 Å². The van der Waals surface area contributed by atoms with Crippen molar-refractivity contribution in [2.75, 3.05) is 11.9 Å². The van der Waals surface area contributed by atoms with Gasteiger partial charge in [-0.2, -0.15) is 5.10 Å². The van der Waals surface area contributed by atoms with Gasteiger partial charge in [0.25, 0.3) is 0 Å². The summed E-state index contributed by atoms with van der Waals surface area (Å²) in [5, 5.41) is 29.6. The molecule has 1 aliphatic heterocycles. The van der Waals surface area contributed by atoms with Gasteiger partial charge in [-0.25, -0.2) is 4.98 Å². The van der Waals surface area contributed by atoms with Gasteiger partial charge in [-0.3, -0.25) is 5.10 Å². The molecular weight excluding hydrogens is 449 g/mol. The number of piperidine rings is 1. The van der Waals surface area contributed by atoms with Gasteiger partial charge in [0, 0.05) is 41.5 Å². The highest BCUT2D eigenvalue weighted by Gasteiger charge is 2.39. The number of phenols is 1. The van der Waals surface area contributed by atoms with Crippen molar-refractivity contribution in [3.63, 3.8) is 0 Å². The summed E-state index contributed by atoms with van der Waals surface area (Å²) >= 11 is 0. The summed E-state index contributed by atoms with van der Waals surface area (Å²) in [6, 6.07) is 5.75. The van der Waals surface area contributed by atoms with Crippen LogP contribution in [0.5, 0.6) is 5.75 Å². The summed E-state index contributed by atoms with van der Waals surface area (Å²) in [6.45, 7) is 8.92. The number of aromatic amines is 1. The molecule has 0 atom stereocenters. The minimum absolute atomic E-state index is 0. The topological polar surface area (TPSA) is 103 Å². The molecular formula is C22H31Cl2N7O. The van der Waals surface area contributed by atoms with Crippen molar-refractivity contribution in [2.45, 2.75) is 57.7 Å². The number of hydrogen-bond acceptors (Lipinski definition) is 7. The summed E-state index contributed by atoms with van der Waals surface area (Å²) in [5.41, 5.74) is 2.99. The monoisotopic (exact) mass is 479 g/mol. The normalized spacial score (nSPS) is 17.2. The second-order valence-corrected chi connectivity index (χ2v) is 9.43. The molecule has 3 N–H and O–H groups in total. The maximum absolute atomic E-state index is 10.5. The van der Waals surface area contributed by atoms with Crippen LogP contribution in [0.15, 0.2) is 36.8 Å². The van der Waals surface area contributed by atoms with Gasteiger partial charge in [-0.15, -0.1) is 35.0 Å². The number of aromatic hydroxyl groups is 1. The van der Waals surface area contributed by atoms with Gasteiger partial charge in [-0.1, -0.05) is 6.07 Å². The van der Waals surface area contributed by atoms with Gasteiger partial charge in [0.15, 0.2) is 0 Å². The fourth-order valence-corrected chi connectivity index (χ4v) is 4.60. The number of H-pyrrole nitrogens is 1. The molecule has 2 aromatic heterocycles. The van der Waals surface area contributed by atoms with E-state index in [9.17, 15) is 5.11 Å². The van der Waals surface area contributed by atoms with Gasteiger partial charge < -0.3 is 15.3 Å². The number of rotatable bonds is 4. The average molecular weight is 480 g/mol. The molecule has 4 rings (SSSR count). The molecule has 0 unspecified atom stereocenters. The van der Waals surface area contributed by atoms with Crippen molar-refractivity contribution >= 4 is 30.8 Å². The van der Waals surface area contributed by atoms with Gasteiger partial charge >= 0.3 is 0 Å². The third kappa shape index (κ3) is 5.49. The average Bonchev–Trinajstić information content (AvgIpc) is 3.20. The quantitative estimate of drug-likeness (QED) is 0.514. The van der Waals surface area contributed by atoms with Crippen molar-refractivity contribution in [1.82, 2.24) is 30.7 Å². The lowest BCUT2D eigenvalue weighted by Gasteiger charge is -2.48. The SMILES string of the molecule is CN(c1ncc(-c2ccc(-c3cn[nH]c3)cc2O)nn1)C1CC(C)(C)NC(C)(C)C1.Cl.Cl. The van der Waals surface area contributed by atoms with E-state index < -0.39 is 0 Å². The Balaban J connectivity index is 0.00000181. The lowest BCUT2D eigenvalue weighted by molar-refractivity contribution is 0.160. The molecule has 32 heavy (non-hydrogen) atoms. The van der Waals surface area contributed by atoms with Crippen LogP contribution in [-0.2, 0) is 0 Å². The summed E-state index contributed by atoms with van der Waals surface area (Å²) < 4.78 is 0. The van der Waals surface area contributed by atoms with E-state index in [0.29, 0.717) is 23.2 Å². The Morgan fingerprint density at radius 2 is 1.69 bits per heavy atom. The molecule has 3 aromatic rings. The molecule has 1 aromatic carbocycles. The van der Waals surface area contributed by atoms with Crippen molar-refractivity contribution in [3.8, 4) is 28.1 Å². The molecule has 0 saturated carbocycles. The largest absolute Gasteiger partial charge is 0.507 e. The first-order valence-electron chi connectivity index (χ1n) is 10.2. The molecule has 0 bridgehead atoms. The van der Waals surface area contributed by atoms with Crippen molar-refractivity contribution < 1.29 is 5.11 Å². The molecule has 0 amide bonds. The zero-order valence-corrected chi connectivity index (χ0v) is 20.6. The predicted octanol–water partition coefficient (Wildman–Crippen LogP) is 4.22. The van der Waals surface area contributed by atoms with Crippen LogP contribution in [-0.4, -0.2) is 54.7 Å². The third-order valence-electron chi connectivity index (χ3n) is 5.69. The molecule has 0 aliphatic carbocycles. The third-order valence-corrected chi connectivity index (χ3v) is 5.69. The highest BCUT2D eigenvalue weighted by Crippen LogP contribution is 2.34. The fourth-order valence-electron chi connectivity index (χ4n) is 4.60. The summed E-state index contributed by atoms with van der Waals surface area (Å²) in [7, 11) is 2.02. The second-order valence-electron chi connectivity index (χ2n) is 9.43. The Kier molecular flexibility index (Phi) is 7.75. The molecule has 174 valence electrons. The molecule has 1 fully saturated rings. The molecule has 8 nitrogen and oxygen atoms in total. The Hall–Kier alpha value is -2.42. The van der Waals surface area contributed by atoms with Crippen LogP contribution < -0.4 is 10.2 Å². The lowest BCUT2D eigenvalue weighted by Crippen LogP contribution is -2.62. The van der Waals surface area contributed by atoms with E-state index in [1.807, 2.05) is 19.2 Å². The number of aromatic nitrogens is 5. The highest BCUT2D eigenvalue weighted by molar-refractivity contribution is 5.85. The van der Waals surface area contributed by atoms with Crippen LogP contribution in [0.3, 0.4) is 0 Å². The molecule has 10 heteroatoms. The van der Waals surface area contributed by atoms with Crippen LogP contribution in [0.2, 0.25) is 0 Å². The molecule has 0 spiro atoms. The van der Waals surface area contributed by atoms with E-state index in [1.54, 1.807) is 24.7 Å². The van der Waals surface area contributed by atoms with Crippen LogP contribution in [0, 0.1) is 0 Å². The van der Waals surface area contributed by atoms with E-state index in [2.05, 4.69) is 63.3 Å². The Morgan fingerprint density at radius 1 is 1.00 bits per heavy atom. The van der Waals surface area contributed by atoms with Gasteiger partial charge in [0.2, 0.25) is 5.95 Å². The summed E-state index contributed by atoms with van der Waals surface area (Å²) in [6.07, 6.45) is 7.15. The minimum atomic E-state index is 0. The first-order chi connectivity index (χ1) is 14.1. The van der Waals surface area contributed by atoms with Crippen molar-refractivity contribution in [2.24, 2.45) is 0 Å². The Bertz CT molecular complexity index is 1010. The van der Waals surface area contributed by atoms with E-state index in [4.69, 9.17) is 0 Å². The van der Waals surface area contributed by atoms with Crippen LogP contribution in [0.25, 0.3) is 22.4 Å². The fraction of sp³-hybridized carbons (Fsp3) is 0.455. The summed E-state index contributed by atoms with van der Waals surface area (Å²) in [5.74, 6) is 0.722. The molecule has 1 aliphatic rings. The Labute approximate surface area is 201 Å². The van der Waals surface area contributed by atoms with Gasteiger partial charge in [0.05, 0.1) is 12.4 Å². The van der Waals surface area contributed by atoms with Crippen LogP contribution in [0.4, 0.5) is 5.95 Å². The number of anilines is 1. The van der Waals surface area contributed by atoms with E-state index in [0.717, 1.165) is 24.0 Å². The molecule has 3 heterocycles. The number of benzene rings is 1. The zero-order valence-electron chi connectivity index (χ0n) is 19.0. The first kappa shape index (κ1) is 25.8. The maximum atomic E-state index is 10.5. The number of hydrogen-bond donors (Lipinski definition) is 3. The zero-order chi connectivity index (χ0) is 21.5. The van der Waals surface area contributed by atoms with E-state index in [1.165, 1.54) is 0 Å². The van der Waals surface area contributed by atoms with Gasteiger partial charge in [0.1, 0.15) is 11.4 Å². The maximum Gasteiger partial charge on any atom is 0.245 e. The molecule has 0 radical (unpaired) electrons.